The number of anilines is 1. The largest absolute Gasteiger partial charge is 0.274 e. The number of hydrogen-bond donors (Lipinski definition) is 0. The van der Waals surface area contributed by atoms with Crippen LogP contribution in [-0.2, 0) is 9.59 Å². The van der Waals surface area contributed by atoms with E-state index in [0.29, 0.717) is 16.3 Å². The van der Waals surface area contributed by atoms with Gasteiger partial charge in [-0.1, -0.05) is 35.9 Å². The minimum atomic E-state index is -0.282. The van der Waals surface area contributed by atoms with Crippen molar-refractivity contribution >= 4 is 35.2 Å². The Morgan fingerprint density at radius 2 is 1.83 bits per heavy atom. The predicted octanol–water partition coefficient (Wildman–Crippen LogP) is 4.30. The molecule has 4 heteroatoms. The summed E-state index contributed by atoms with van der Waals surface area (Å²) >= 11 is 5.95. The summed E-state index contributed by atoms with van der Waals surface area (Å²) in [6.07, 6.45) is 1.90. The minimum Gasteiger partial charge on any atom is -0.274 e. The van der Waals surface area contributed by atoms with Gasteiger partial charge in [-0.15, -0.1) is 0 Å². The van der Waals surface area contributed by atoms with E-state index in [9.17, 15) is 9.59 Å². The molecule has 0 spiro atoms. The van der Waals surface area contributed by atoms with E-state index < -0.39 is 0 Å². The van der Waals surface area contributed by atoms with E-state index >= 15 is 0 Å². The summed E-state index contributed by atoms with van der Waals surface area (Å²) in [5, 5.41) is 0.495. The Morgan fingerprint density at radius 1 is 1.04 bits per heavy atom. The second-order valence-corrected chi connectivity index (χ2v) is 6.14. The van der Waals surface area contributed by atoms with Crippen LogP contribution in [-0.4, -0.2) is 11.8 Å². The van der Waals surface area contributed by atoms with Crippen molar-refractivity contribution in [1.29, 1.82) is 0 Å². The van der Waals surface area contributed by atoms with Crippen LogP contribution in [0.5, 0.6) is 0 Å². The normalized spacial score (nSPS) is 16.5. The lowest BCUT2D eigenvalue weighted by molar-refractivity contribution is -0.120. The van der Waals surface area contributed by atoms with Gasteiger partial charge < -0.3 is 0 Å². The van der Waals surface area contributed by atoms with Gasteiger partial charge >= 0.3 is 0 Å². The topological polar surface area (TPSA) is 37.4 Å². The zero-order valence-electron chi connectivity index (χ0n) is 13.0. The van der Waals surface area contributed by atoms with Gasteiger partial charge in [0.1, 0.15) is 0 Å². The van der Waals surface area contributed by atoms with E-state index in [0.717, 1.165) is 11.1 Å². The van der Waals surface area contributed by atoms with Gasteiger partial charge in [0.15, 0.2) is 0 Å². The third-order valence-corrected chi connectivity index (χ3v) is 4.24. The molecule has 2 amide bonds. The minimum absolute atomic E-state index is 0.109. The maximum Gasteiger partial charge on any atom is 0.261 e. The summed E-state index contributed by atoms with van der Waals surface area (Å²) < 4.78 is 0. The van der Waals surface area contributed by atoms with E-state index in [2.05, 4.69) is 0 Å². The number of halogens is 1. The molecule has 23 heavy (non-hydrogen) atoms. The van der Waals surface area contributed by atoms with Crippen molar-refractivity contribution in [1.82, 2.24) is 0 Å². The van der Waals surface area contributed by atoms with Crippen molar-refractivity contribution in [2.24, 2.45) is 0 Å². The number of benzene rings is 2. The highest BCUT2D eigenvalue weighted by Crippen LogP contribution is 2.29. The molecule has 3 rings (SSSR count). The Kier molecular flexibility index (Phi) is 4.05. The van der Waals surface area contributed by atoms with Crippen LogP contribution in [0.25, 0.3) is 6.08 Å². The van der Waals surface area contributed by atoms with Crippen molar-refractivity contribution in [2.45, 2.75) is 20.3 Å². The van der Waals surface area contributed by atoms with Crippen molar-refractivity contribution in [3.05, 3.63) is 69.8 Å². The molecule has 0 N–H and O–H groups in total. The van der Waals surface area contributed by atoms with Gasteiger partial charge in [-0.2, -0.15) is 0 Å². The first-order valence-corrected chi connectivity index (χ1v) is 7.74. The van der Waals surface area contributed by atoms with Crippen molar-refractivity contribution < 1.29 is 9.59 Å². The number of rotatable bonds is 2. The molecule has 116 valence electrons. The summed E-state index contributed by atoms with van der Waals surface area (Å²) in [6, 6.07) is 12.7. The van der Waals surface area contributed by atoms with Crippen molar-refractivity contribution in [3.8, 4) is 0 Å². The molecule has 2 aromatic carbocycles. The fourth-order valence-electron chi connectivity index (χ4n) is 2.62. The van der Waals surface area contributed by atoms with Crippen LogP contribution in [0, 0.1) is 13.8 Å². The van der Waals surface area contributed by atoms with Gasteiger partial charge in [0, 0.05) is 10.6 Å². The number of carbonyl (C=O) groups excluding carboxylic acids is 2. The monoisotopic (exact) mass is 325 g/mol. The molecule has 1 fully saturated rings. The maximum absolute atomic E-state index is 12.6. The van der Waals surface area contributed by atoms with E-state index in [1.807, 2.05) is 32.0 Å². The lowest BCUT2D eigenvalue weighted by Crippen LogP contribution is -2.28. The molecule has 0 atom stereocenters. The van der Waals surface area contributed by atoms with Gasteiger partial charge in [-0.25, -0.2) is 4.90 Å². The quantitative estimate of drug-likeness (QED) is 0.609. The molecule has 0 aromatic heterocycles. The summed E-state index contributed by atoms with van der Waals surface area (Å²) in [5.41, 5.74) is 4.29. The summed E-state index contributed by atoms with van der Waals surface area (Å²) in [4.78, 5) is 26.0. The third kappa shape index (κ3) is 3.06. The Morgan fingerprint density at radius 3 is 2.52 bits per heavy atom. The average molecular weight is 326 g/mol. The number of nitrogens with zero attached hydrogens (tertiary/aromatic N) is 1. The number of amides is 2. The Balaban J connectivity index is 1.94. The van der Waals surface area contributed by atoms with Crippen LogP contribution >= 0.6 is 11.6 Å². The fourth-order valence-corrected chi connectivity index (χ4v) is 2.80. The van der Waals surface area contributed by atoms with Crippen molar-refractivity contribution in [3.63, 3.8) is 0 Å². The Hall–Kier alpha value is -2.39. The van der Waals surface area contributed by atoms with Gasteiger partial charge in [0.2, 0.25) is 5.91 Å². The second-order valence-electron chi connectivity index (χ2n) is 5.70. The molecule has 0 unspecified atom stereocenters. The summed E-state index contributed by atoms with van der Waals surface area (Å²) in [6.45, 7) is 4.06. The number of imide groups is 1. The SMILES string of the molecule is Cc1ccc(/C=C2\CC(=O)N(c3cccc(Cl)c3)C2=O)cc1C. The maximum atomic E-state index is 12.6. The molecule has 3 nitrogen and oxygen atoms in total. The molecule has 0 bridgehead atoms. The van der Waals surface area contributed by atoms with Gasteiger partial charge in [0.25, 0.3) is 5.91 Å². The molecular formula is C19H16ClNO2. The smallest absolute Gasteiger partial charge is 0.261 e. The van der Waals surface area contributed by atoms with Crippen LogP contribution in [0.4, 0.5) is 5.69 Å². The van der Waals surface area contributed by atoms with Crippen LogP contribution in [0.1, 0.15) is 23.1 Å². The molecule has 0 saturated carbocycles. The Bertz CT molecular complexity index is 839. The number of hydrogen-bond acceptors (Lipinski definition) is 2. The van der Waals surface area contributed by atoms with Gasteiger partial charge in [-0.05, 0) is 54.8 Å². The standard InChI is InChI=1S/C19H16ClNO2/c1-12-6-7-14(8-13(12)2)9-15-10-18(22)21(19(15)23)17-5-3-4-16(20)11-17/h3-9,11H,10H2,1-2H3/b15-9+. The van der Waals surface area contributed by atoms with E-state index in [-0.39, 0.29) is 18.2 Å². The first-order chi connectivity index (χ1) is 11.0. The fraction of sp³-hybridized carbons (Fsp3) is 0.158. The molecule has 1 saturated heterocycles. The first kappa shape index (κ1) is 15.5. The molecule has 1 heterocycles. The van der Waals surface area contributed by atoms with Crippen LogP contribution in [0.2, 0.25) is 5.02 Å². The summed E-state index contributed by atoms with van der Waals surface area (Å²) in [7, 11) is 0. The highest BCUT2D eigenvalue weighted by Gasteiger charge is 2.34. The molecule has 0 radical (unpaired) electrons. The average Bonchev–Trinajstić information content (AvgIpc) is 2.77. The van der Waals surface area contributed by atoms with Gasteiger partial charge in [0.05, 0.1) is 12.1 Å². The molecule has 1 aliphatic heterocycles. The molecule has 1 aliphatic rings. The highest BCUT2D eigenvalue weighted by molar-refractivity contribution is 6.32. The zero-order valence-corrected chi connectivity index (χ0v) is 13.7. The molecular weight excluding hydrogens is 310 g/mol. The lowest BCUT2D eigenvalue weighted by Gasteiger charge is -2.13. The van der Waals surface area contributed by atoms with Crippen molar-refractivity contribution in [2.75, 3.05) is 4.90 Å². The van der Waals surface area contributed by atoms with E-state index in [1.54, 1.807) is 30.3 Å². The van der Waals surface area contributed by atoms with Crippen LogP contribution < -0.4 is 4.90 Å². The lowest BCUT2D eigenvalue weighted by atomic mass is 10.0. The molecule has 0 aliphatic carbocycles. The third-order valence-electron chi connectivity index (χ3n) is 4.01. The van der Waals surface area contributed by atoms with E-state index in [1.165, 1.54) is 10.5 Å². The van der Waals surface area contributed by atoms with Gasteiger partial charge in [-0.3, -0.25) is 9.59 Å². The molecule has 2 aromatic rings. The zero-order chi connectivity index (χ0) is 16.6. The Labute approximate surface area is 140 Å². The number of aryl methyl sites for hydroxylation is 2. The second kappa shape index (κ2) is 6.01. The van der Waals surface area contributed by atoms with Crippen LogP contribution in [0.3, 0.4) is 0 Å². The highest BCUT2D eigenvalue weighted by atomic mass is 35.5. The summed E-state index contributed by atoms with van der Waals surface area (Å²) in [5.74, 6) is -0.511. The first-order valence-electron chi connectivity index (χ1n) is 7.36. The van der Waals surface area contributed by atoms with E-state index in [4.69, 9.17) is 11.6 Å². The predicted molar refractivity (Wildman–Crippen MR) is 92.5 cm³/mol. The number of carbonyl (C=O) groups is 2. The van der Waals surface area contributed by atoms with Crippen LogP contribution in [0.15, 0.2) is 48.0 Å².